The molecule has 1 heterocycles. The van der Waals surface area contributed by atoms with Crippen LogP contribution in [0, 0.1) is 5.41 Å². The van der Waals surface area contributed by atoms with Crippen LogP contribution in [-0.4, -0.2) is 43.8 Å². The van der Waals surface area contributed by atoms with E-state index in [1.54, 1.807) is 0 Å². The minimum absolute atomic E-state index is 0.246. The second-order valence-corrected chi connectivity index (χ2v) is 5.02. The van der Waals surface area contributed by atoms with Crippen molar-refractivity contribution in [1.29, 1.82) is 0 Å². The lowest BCUT2D eigenvalue weighted by Gasteiger charge is -2.36. The van der Waals surface area contributed by atoms with Gasteiger partial charge in [-0.15, -0.1) is 0 Å². The van der Waals surface area contributed by atoms with Gasteiger partial charge < -0.3 is 10.5 Å². The number of nitrogens with zero attached hydrogens (tertiary/aromatic N) is 1. The van der Waals surface area contributed by atoms with Crippen molar-refractivity contribution in [3.8, 4) is 0 Å². The van der Waals surface area contributed by atoms with Crippen molar-refractivity contribution in [3.63, 3.8) is 0 Å². The topological polar surface area (TPSA) is 38.5 Å². The van der Waals surface area contributed by atoms with E-state index in [0.29, 0.717) is 12.0 Å². The predicted molar refractivity (Wildman–Crippen MR) is 54.7 cm³/mol. The molecule has 0 amide bonds. The third-order valence-electron chi connectivity index (χ3n) is 2.18. The summed E-state index contributed by atoms with van der Waals surface area (Å²) >= 11 is 0. The summed E-state index contributed by atoms with van der Waals surface area (Å²) in [4.78, 5) is 2.45. The monoisotopic (exact) mass is 186 g/mol. The summed E-state index contributed by atoms with van der Waals surface area (Å²) in [6.07, 6.45) is 0.246. The zero-order valence-corrected chi connectivity index (χ0v) is 9.05. The van der Waals surface area contributed by atoms with Gasteiger partial charge in [-0.25, -0.2) is 0 Å². The van der Waals surface area contributed by atoms with Crippen LogP contribution in [0.3, 0.4) is 0 Å². The first-order valence-corrected chi connectivity index (χ1v) is 5.05. The van der Waals surface area contributed by atoms with Crippen molar-refractivity contribution >= 4 is 0 Å². The standard InChI is InChI=1S/C10H22N2O/c1-10(2,3)8-12-4-5-13-9(6-11)7-12/h9H,4-8,11H2,1-3H3. The fourth-order valence-corrected chi connectivity index (χ4v) is 1.74. The van der Waals surface area contributed by atoms with Crippen molar-refractivity contribution < 1.29 is 4.74 Å². The van der Waals surface area contributed by atoms with Gasteiger partial charge in [0, 0.05) is 26.2 Å². The number of ether oxygens (including phenoxy) is 1. The number of nitrogens with two attached hydrogens (primary N) is 1. The molecule has 1 saturated heterocycles. The van der Waals surface area contributed by atoms with Crippen LogP contribution in [0.15, 0.2) is 0 Å². The lowest BCUT2D eigenvalue weighted by molar-refractivity contribution is -0.0322. The Morgan fingerprint density at radius 2 is 2.15 bits per heavy atom. The van der Waals surface area contributed by atoms with E-state index in [0.717, 1.165) is 26.2 Å². The molecule has 0 bridgehead atoms. The molecule has 3 heteroatoms. The molecule has 13 heavy (non-hydrogen) atoms. The Kier molecular flexibility index (Phi) is 3.71. The van der Waals surface area contributed by atoms with Crippen molar-refractivity contribution in [2.45, 2.75) is 26.9 Å². The molecule has 0 spiro atoms. The van der Waals surface area contributed by atoms with E-state index >= 15 is 0 Å². The van der Waals surface area contributed by atoms with Crippen molar-refractivity contribution in [3.05, 3.63) is 0 Å². The highest BCUT2D eigenvalue weighted by molar-refractivity contribution is 4.76. The SMILES string of the molecule is CC(C)(C)CN1CCOC(CN)C1. The first-order valence-electron chi connectivity index (χ1n) is 5.05. The molecular weight excluding hydrogens is 164 g/mol. The number of rotatable bonds is 2. The van der Waals surface area contributed by atoms with Gasteiger partial charge in [-0.05, 0) is 5.41 Å². The molecule has 0 aliphatic carbocycles. The normalized spacial score (nSPS) is 26.3. The van der Waals surface area contributed by atoms with Gasteiger partial charge in [0.2, 0.25) is 0 Å². The number of morpholine rings is 1. The van der Waals surface area contributed by atoms with Gasteiger partial charge in [0.1, 0.15) is 0 Å². The molecule has 0 aromatic heterocycles. The third-order valence-corrected chi connectivity index (χ3v) is 2.18. The van der Waals surface area contributed by atoms with Gasteiger partial charge in [-0.1, -0.05) is 20.8 Å². The summed E-state index contributed by atoms with van der Waals surface area (Å²) in [7, 11) is 0. The average molecular weight is 186 g/mol. The zero-order valence-electron chi connectivity index (χ0n) is 9.05. The Balaban J connectivity index is 2.34. The van der Waals surface area contributed by atoms with E-state index in [1.165, 1.54) is 0 Å². The van der Waals surface area contributed by atoms with Gasteiger partial charge in [0.05, 0.1) is 12.7 Å². The van der Waals surface area contributed by atoms with E-state index in [1.807, 2.05) is 0 Å². The molecule has 0 aromatic carbocycles. The van der Waals surface area contributed by atoms with Crippen molar-refractivity contribution in [1.82, 2.24) is 4.90 Å². The van der Waals surface area contributed by atoms with Crippen LogP contribution >= 0.6 is 0 Å². The van der Waals surface area contributed by atoms with Crippen LogP contribution in [-0.2, 0) is 4.74 Å². The molecule has 1 aliphatic rings. The predicted octanol–water partition coefficient (Wildman–Crippen LogP) is 0.692. The molecule has 2 N–H and O–H groups in total. The molecule has 1 rings (SSSR count). The van der Waals surface area contributed by atoms with E-state index < -0.39 is 0 Å². The summed E-state index contributed by atoms with van der Waals surface area (Å²) in [5, 5.41) is 0. The van der Waals surface area contributed by atoms with Gasteiger partial charge in [0.15, 0.2) is 0 Å². The molecule has 0 saturated carbocycles. The van der Waals surface area contributed by atoms with Crippen LogP contribution in [0.5, 0.6) is 0 Å². The highest BCUT2D eigenvalue weighted by Gasteiger charge is 2.22. The van der Waals surface area contributed by atoms with Gasteiger partial charge in [0.25, 0.3) is 0 Å². The summed E-state index contributed by atoms with van der Waals surface area (Å²) in [5.74, 6) is 0. The summed E-state index contributed by atoms with van der Waals surface area (Å²) < 4.78 is 5.51. The summed E-state index contributed by atoms with van der Waals surface area (Å²) in [5.41, 5.74) is 5.95. The fraction of sp³-hybridized carbons (Fsp3) is 1.00. The fourth-order valence-electron chi connectivity index (χ4n) is 1.74. The maximum atomic E-state index is 5.58. The van der Waals surface area contributed by atoms with E-state index in [9.17, 15) is 0 Å². The molecule has 78 valence electrons. The molecule has 0 radical (unpaired) electrons. The lowest BCUT2D eigenvalue weighted by Crippen LogP contribution is -2.48. The van der Waals surface area contributed by atoms with Crippen LogP contribution in [0.25, 0.3) is 0 Å². The second kappa shape index (κ2) is 4.40. The van der Waals surface area contributed by atoms with E-state index in [-0.39, 0.29) is 6.10 Å². The molecule has 3 nitrogen and oxygen atoms in total. The van der Waals surface area contributed by atoms with Crippen LogP contribution < -0.4 is 5.73 Å². The Morgan fingerprint density at radius 3 is 2.69 bits per heavy atom. The van der Waals surface area contributed by atoms with Gasteiger partial charge in [-0.2, -0.15) is 0 Å². The van der Waals surface area contributed by atoms with Crippen LogP contribution in [0.4, 0.5) is 0 Å². The summed E-state index contributed by atoms with van der Waals surface area (Å²) in [6, 6.07) is 0. The number of hydrogen-bond donors (Lipinski definition) is 1. The van der Waals surface area contributed by atoms with E-state index in [2.05, 4.69) is 25.7 Å². The number of hydrogen-bond acceptors (Lipinski definition) is 3. The second-order valence-electron chi connectivity index (χ2n) is 5.02. The lowest BCUT2D eigenvalue weighted by atomic mass is 9.95. The van der Waals surface area contributed by atoms with Gasteiger partial charge in [-0.3, -0.25) is 4.90 Å². The van der Waals surface area contributed by atoms with Crippen molar-refractivity contribution in [2.24, 2.45) is 11.1 Å². The Morgan fingerprint density at radius 1 is 1.46 bits per heavy atom. The molecule has 1 fully saturated rings. The Bertz CT molecular complexity index is 153. The first kappa shape index (κ1) is 11.0. The van der Waals surface area contributed by atoms with E-state index in [4.69, 9.17) is 10.5 Å². The average Bonchev–Trinajstić information content (AvgIpc) is 2.01. The Hall–Kier alpha value is -0.120. The highest BCUT2D eigenvalue weighted by atomic mass is 16.5. The quantitative estimate of drug-likeness (QED) is 0.689. The Labute approximate surface area is 81.2 Å². The molecular formula is C10H22N2O. The van der Waals surface area contributed by atoms with Crippen LogP contribution in [0.1, 0.15) is 20.8 Å². The van der Waals surface area contributed by atoms with Gasteiger partial charge >= 0.3 is 0 Å². The largest absolute Gasteiger partial charge is 0.374 e. The van der Waals surface area contributed by atoms with Crippen LogP contribution in [0.2, 0.25) is 0 Å². The maximum Gasteiger partial charge on any atom is 0.0824 e. The molecule has 1 unspecified atom stereocenters. The molecule has 1 atom stereocenters. The van der Waals surface area contributed by atoms with Crippen molar-refractivity contribution in [2.75, 3.05) is 32.8 Å². The molecule has 1 aliphatic heterocycles. The third kappa shape index (κ3) is 4.07. The minimum atomic E-state index is 0.246. The zero-order chi connectivity index (χ0) is 9.90. The molecule has 0 aromatic rings. The smallest absolute Gasteiger partial charge is 0.0824 e. The maximum absolute atomic E-state index is 5.58. The highest BCUT2D eigenvalue weighted by Crippen LogP contribution is 2.16. The first-order chi connectivity index (χ1) is 6.01. The minimum Gasteiger partial charge on any atom is -0.374 e. The summed E-state index contributed by atoms with van der Waals surface area (Å²) in [6.45, 7) is 11.4.